The lowest BCUT2D eigenvalue weighted by atomic mass is 10.2. The fourth-order valence-corrected chi connectivity index (χ4v) is 2.92. The van der Waals surface area contributed by atoms with Gasteiger partial charge in [-0.15, -0.1) is 0 Å². The van der Waals surface area contributed by atoms with Gasteiger partial charge in [-0.3, -0.25) is 4.57 Å². The molecule has 3 aromatic rings. The molecule has 0 aliphatic carbocycles. The lowest BCUT2D eigenvalue weighted by molar-refractivity contribution is 0.639. The van der Waals surface area contributed by atoms with E-state index in [1.165, 1.54) is 0 Å². The maximum absolute atomic E-state index is 9.19. The van der Waals surface area contributed by atoms with E-state index in [0.29, 0.717) is 11.5 Å². The predicted molar refractivity (Wildman–Crippen MR) is 92.5 cm³/mol. The predicted octanol–water partition coefficient (Wildman–Crippen LogP) is 1.26. The maximum atomic E-state index is 9.19. The molecule has 4 rings (SSSR count). The lowest BCUT2D eigenvalue weighted by Crippen LogP contribution is -2.47. The summed E-state index contributed by atoms with van der Waals surface area (Å²) in [5, 5.41) is 9.19. The third kappa shape index (κ3) is 2.99. The van der Waals surface area contributed by atoms with Gasteiger partial charge in [-0.2, -0.15) is 5.26 Å². The minimum Gasteiger partial charge on any atom is -0.353 e. The number of nitriles is 1. The van der Waals surface area contributed by atoms with Crippen molar-refractivity contribution in [2.45, 2.75) is 0 Å². The molecule has 0 unspecified atom stereocenters. The Labute approximate surface area is 145 Å². The molecule has 0 saturated carbocycles. The number of hydrogen-bond acceptors (Lipinski definition) is 7. The molecule has 25 heavy (non-hydrogen) atoms. The largest absolute Gasteiger partial charge is 0.353 e. The summed E-state index contributed by atoms with van der Waals surface area (Å²) in [6.07, 6.45) is 8.52. The van der Waals surface area contributed by atoms with Gasteiger partial charge >= 0.3 is 0 Å². The molecular weight excluding hydrogens is 316 g/mol. The zero-order valence-corrected chi connectivity index (χ0v) is 13.5. The first-order valence-corrected chi connectivity index (χ1v) is 8.01. The van der Waals surface area contributed by atoms with Crippen LogP contribution in [0, 0.1) is 11.3 Å². The normalized spacial score (nSPS) is 14.4. The standard InChI is InChI=1S/C17H16N8/c18-12-14-17(21-5-4-20-14)24-10-8-23(9-11-24)15-2-1-3-16(22-15)25-7-6-19-13-25/h1-7,13H,8-11H2. The van der Waals surface area contributed by atoms with Gasteiger partial charge in [0.15, 0.2) is 11.5 Å². The molecular formula is C17H16N8. The lowest BCUT2D eigenvalue weighted by Gasteiger charge is -2.36. The summed E-state index contributed by atoms with van der Waals surface area (Å²) in [4.78, 5) is 21.5. The van der Waals surface area contributed by atoms with Crippen LogP contribution in [0.25, 0.3) is 5.82 Å². The Morgan fingerprint density at radius 2 is 1.68 bits per heavy atom. The van der Waals surface area contributed by atoms with E-state index >= 15 is 0 Å². The van der Waals surface area contributed by atoms with E-state index in [0.717, 1.165) is 37.8 Å². The van der Waals surface area contributed by atoms with Crippen molar-refractivity contribution in [1.29, 1.82) is 5.26 Å². The molecule has 3 aromatic heterocycles. The Hall–Kier alpha value is -3.47. The summed E-state index contributed by atoms with van der Waals surface area (Å²) >= 11 is 0. The number of piperazine rings is 1. The molecule has 0 spiro atoms. The van der Waals surface area contributed by atoms with Crippen LogP contribution in [-0.4, -0.2) is 50.7 Å². The summed E-state index contributed by atoms with van der Waals surface area (Å²) < 4.78 is 1.89. The van der Waals surface area contributed by atoms with Crippen LogP contribution in [0.2, 0.25) is 0 Å². The van der Waals surface area contributed by atoms with Gasteiger partial charge in [0.2, 0.25) is 0 Å². The molecule has 1 fully saturated rings. The van der Waals surface area contributed by atoms with Crippen molar-refractivity contribution in [2.24, 2.45) is 0 Å². The van der Waals surface area contributed by atoms with Gasteiger partial charge in [-0.05, 0) is 12.1 Å². The molecule has 0 amide bonds. The number of rotatable bonds is 3. The Bertz CT molecular complexity index is 891. The van der Waals surface area contributed by atoms with Crippen molar-refractivity contribution in [1.82, 2.24) is 24.5 Å². The van der Waals surface area contributed by atoms with Gasteiger partial charge in [-0.1, -0.05) is 6.07 Å². The molecule has 8 heteroatoms. The van der Waals surface area contributed by atoms with E-state index in [2.05, 4.69) is 30.8 Å². The maximum Gasteiger partial charge on any atom is 0.183 e. The minimum atomic E-state index is 0.371. The highest BCUT2D eigenvalue weighted by atomic mass is 15.3. The molecule has 0 N–H and O–H groups in total. The third-order valence-corrected chi connectivity index (χ3v) is 4.18. The number of hydrogen-bond donors (Lipinski definition) is 0. The number of nitrogens with zero attached hydrogens (tertiary/aromatic N) is 8. The van der Waals surface area contributed by atoms with Crippen LogP contribution in [0.4, 0.5) is 11.6 Å². The minimum absolute atomic E-state index is 0.371. The fourth-order valence-electron chi connectivity index (χ4n) is 2.92. The summed E-state index contributed by atoms with van der Waals surface area (Å²) in [6.45, 7) is 3.15. The first-order valence-electron chi connectivity index (χ1n) is 8.01. The average Bonchev–Trinajstić information content (AvgIpc) is 3.23. The molecule has 0 bridgehead atoms. The number of pyridine rings is 1. The van der Waals surface area contributed by atoms with E-state index < -0.39 is 0 Å². The number of imidazole rings is 1. The molecule has 1 aliphatic rings. The smallest absolute Gasteiger partial charge is 0.183 e. The Morgan fingerprint density at radius 1 is 0.920 bits per heavy atom. The number of aromatic nitrogens is 5. The van der Waals surface area contributed by atoms with Crippen LogP contribution in [-0.2, 0) is 0 Å². The third-order valence-electron chi connectivity index (χ3n) is 4.18. The fraction of sp³-hybridized carbons (Fsp3) is 0.235. The zero-order chi connectivity index (χ0) is 17.1. The van der Waals surface area contributed by atoms with Crippen molar-refractivity contribution >= 4 is 11.6 Å². The molecule has 1 saturated heterocycles. The quantitative estimate of drug-likeness (QED) is 0.713. The average molecular weight is 332 g/mol. The van der Waals surface area contributed by atoms with E-state index in [9.17, 15) is 5.26 Å². The van der Waals surface area contributed by atoms with Crippen LogP contribution in [0.15, 0.2) is 49.3 Å². The molecule has 8 nitrogen and oxygen atoms in total. The van der Waals surface area contributed by atoms with E-state index in [1.54, 1.807) is 24.9 Å². The SMILES string of the molecule is N#Cc1nccnc1N1CCN(c2cccc(-n3ccnc3)n2)CC1. The van der Waals surface area contributed by atoms with Crippen LogP contribution in [0.5, 0.6) is 0 Å². The second-order valence-corrected chi connectivity index (χ2v) is 5.64. The monoisotopic (exact) mass is 332 g/mol. The summed E-state index contributed by atoms with van der Waals surface area (Å²) in [6, 6.07) is 8.08. The van der Waals surface area contributed by atoms with Gasteiger partial charge < -0.3 is 9.80 Å². The van der Waals surface area contributed by atoms with Crippen molar-refractivity contribution in [3.05, 3.63) is 55.0 Å². The van der Waals surface area contributed by atoms with Crippen molar-refractivity contribution in [3.8, 4) is 11.9 Å². The van der Waals surface area contributed by atoms with E-state index in [1.807, 2.05) is 29.0 Å². The molecule has 1 aliphatic heterocycles. The van der Waals surface area contributed by atoms with Crippen LogP contribution >= 0.6 is 0 Å². The second kappa shape index (κ2) is 6.57. The Kier molecular flexibility index (Phi) is 3.96. The highest BCUT2D eigenvalue weighted by molar-refractivity contribution is 5.52. The Balaban J connectivity index is 1.49. The molecule has 0 aromatic carbocycles. The molecule has 4 heterocycles. The van der Waals surface area contributed by atoms with Crippen molar-refractivity contribution in [2.75, 3.05) is 36.0 Å². The molecule has 0 atom stereocenters. The Morgan fingerprint density at radius 3 is 2.44 bits per heavy atom. The first kappa shape index (κ1) is 15.1. The summed E-state index contributed by atoms with van der Waals surface area (Å²) in [5.74, 6) is 2.44. The first-order chi connectivity index (χ1) is 12.3. The summed E-state index contributed by atoms with van der Waals surface area (Å²) in [7, 11) is 0. The highest BCUT2D eigenvalue weighted by Gasteiger charge is 2.21. The van der Waals surface area contributed by atoms with Crippen molar-refractivity contribution < 1.29 is 0 Å². The topological polar surface area (TPSA) is 86.8 Å². The highest BCUT2D eigenvalue weighted by Crippen LogP contribution is 2.20. The van der Waals surface area contributed by atoms with Crippen molar-refractivity contribution in [3.63, 3.8) is 0 Å². The van der Waals surface area contributed by atoms with Crippen LogP contribution in [0.3, 0.4) is 0 Å². The zero-order valence-electron chi connectivity index (χ0n) is 13.5. The van der Waals surface area contributed by atoms with Gasteiger partial charge in [0.05, 0.1) is 0 Å². The van der Waals surface area contributed by atoms with Gasteiger partial charge in [0.25, 0.3) is 0 Å². The molecule has 124 valence electrons. The summed E-state index contributed by atoms with van der Waals surface area (Å²) in [5.41, 5.74) is 0.371. The van der Waals surface area contributed by atoms with Crippen LogP contribution in [0.1, 0.15) is 5.69 Å². The molecule has 0 radical (unpaired) electrons. The second-order valence-electron chi connectivity index (χ2n) is 5.64. The van der Waals surface area contributed by atoms with Gasteiger partial charge in [0, 0.05) is 51.0 Å². The van der Waals surface area contributed by atoms with Gasteiger partial charge in [-0.25, -0.2) is 19.9 Å². The van der Waals surface area contributed by atoms with E-state index in [-0.39, 0.29) is 0 Å². The van der Waals surface area contributed by atoms with Crippen LogP contribution < -0.4 is 9.80 Å². The van der Waals surface area contributed by atoms with Gasteiger partial charge in [0.1, 0.15) is 24.0 Å². The van der Waals surface area contributed by atoms with E-state index in [4.69, 9.17) is 4.98 Å². The number of anilines is 2.